The Hall–Kier alpha value is -1.10. The van der Waals surface area contributed by atoms with Crippen LogP contribution in [-0.4, -0.2) is 41.0 Å². The van der Waals surface area contributed by atoms with Crippen molar-refractivity contribution >= 4 is 11.9 Å². The Morgan fingerprint density at radius 3 is 2.31 bits per heavy atom. The van der Waals surface area contributed by atoms with Crippen molar-refractivity contribution in [3.05, 3.63) is 0 Å². The van der Waals surface area contributed by atoms with Crippen LogP contribution in [-0.2, 0) is 9.59 Å². The largest absolute Gasteiger partial charge is 0.480 e. The third-order valence-corrected chi connectivity index (χ3v) is 1.91. The van der Waals surface area contributed by atoms with Gasteiger partial charge in [0.15, 0.2) is 0 Å². The molecule has 0 radical (unpaired) electrons. The van der Waals surface area contributed by atoms with E-state index in [-0.39, 0.29) is 19.1 Å². The van der Waals surface area contributed by atoms with Crippen LogP contribution in [0.5, 0.6) is 0 Å². The number of carbonyl (C=O) groups is 2. The van der Waals surface area contributed by atoms with Crippen molar-refractivity contribution in [1.82, 2.24) is 4.90 Å². The second-order valence-electron chi connectivity index (χ2n) is 3.02. The maximum Gasteiger partial charge on any atom is 0.317 e. The van der Waals surface area contributed by atoms with E-state index in [4.69, 9.17) is 10.8 Å². The van der Waals surface area contributed by atoms with Gasteiger partial charge in [-0.15, -0.1) is 0 Å². The molecule has 1 unspecified atom stereocenters. The lowest BCUT2D eigenvalue weighted by Crippen LogP contribution is -2.42. The molecule has 5 heteroatoms. The lowest BCUT2D eigenvalue weighted by molar-refractivity contribution is -0.139. The molecule has 1 atom stereocenters. The summed E-state index contributed by atoms with van der Waals surface area (Å²) in [6, 6.07) is 0.0589. The summed E-state index contributed by atoms with van der Waals surface area (Å²) in [6.45, 7) is 3.66. The Bertz CT molecular complexity index is 178. The SMILES string of the molecule is CCC(C)N(CC(N)=O)CC(=O)O. The van der Waals surface area contributed by atoms with Gasteiger partial charge in [-0.25, -0.2) is 0 Å². The number of nitrogens with zero attached hydrogens (tertiary/aromatic N) is 1. The highest BCUT2D eigenvalue weighted by Gasteiger charge is 2.16. The van der Waals surface area contributed by atoms with Gasteiger partial charge in [-0.2, -0.15) is 0 Å². The third kappa shape index (κ3) is 5.19. The molecule has 0 saturated heterocycles. The molecule has 13 heavy (non-hydrogen) atoms. The van der Waals surface area contributed by atoms with Gasteiger partial charge in [0.25, 0.3) is 0 Å². The number of hydrogen-bond acceptors (Lipinski definition) is 3. The Morgan fingerprint density at radius 1 is 1.46 bits per heavy atom. The normalized spacial score (nSPS) is 12.8. The number of amides is 1. The molecule has 0 bridgehead atoms. The number of carboxylic acid groups (broad SMARTS) is 1. The monoisotopic (exact) mass is 188 g/mol. The van der Waals surface area contributed by atoms with Gasteiger partial charge < -0.3 is 10.8 Å². The van der Waals surface area contributed by atoms with Crippen molar-refractivity contribution in [2.24, 2.45) is 5.73 Å². The summed E-state index contributed by atoms with van der Waals surface area (Å²) >= 11 is 0. The van der Waals surface area contributed by atoms with Crippen LogP contribution in [0.25, 0.3) is 0 Å². The van der Waals surface area contributed by atoms with Crippen molar-refractivity contribution in [2.45, 2.75) is 26.3 Å². The second kappa shape index (κ2) is 5.53. The van der Waals surface area contributed by atoms with E-state index in [1.807, 2.05) is 13.8 Å². The van der Waals surface area contributed by atoms with E-state index in [1.54, 1.807) is 4.90 Å². The highest BCUT2D eigenvalue weighted by Crippen LogP contribution is 2.01. The summed E-state index contributed by atoms with van der Waals surface area (Å²) in [5, 5.41) is 8.55. The van der Waals surface area contributed by atoms with Crippen molar-refractivity contribution in [3.8, 4) is 0 Å². The molecule has 3 N–H and O–H groups in total. The first-order chi connectivity index (χ1) is 5.97. The van der Waals surface area contributed by atoms with Gasteiger partial charge in [-0.3, -0.25) is 14.5 Å². The Labute approximate surface area is 77.5 Å². The molecule has 0 aromatic heterocycles. The maximum atomic E-state index is 10.6. The molecule has 0 aromatic rings. The van der Waals surface area contributed by atoms with E-state index in [0.717, 1.165) is 6.42 Å². The van der Waals surface area contributed by atoms with Gasteiger partial charge in [-0.05, 0) is 13.3 Å². The first-order valence-electron chi connectivity index (χ1n) is 4.21. The molecule has 5 nitrogen and oxygen atoms in total. The minimum absolute atomic E-state index is 0.00130. The van der Waals surface area contributed by atoms with Crippen molar-refractivity contribution < 1.29 is 14.7 Å². The van der Waals surface area contributed by atoms with Gasteiger partial charge >= 0.3 is 5.97 Å². The number of rotatable bonds is 6. The van der Waals surface area contributed by atoms with Gasteiger partial charge in [-0.1, -0.05) is 6.92 Å². The number of hydrogen-bond donors (Lipinski definition) is 2. The predicted octanol–water partition coefficient (Wildman–Crippen LogP) is -0.343. The van der Waals surface area contributed by atoms with Crippen molar-refractivity contribution in [3.63, 3.8) is 0 Å². The van der Waals surface area contributed by atoms with Gasteiger partial charge in [0, 0.05) is 6.04 Å². The van der Waals surface area contributed by atoms with Crippen LogP contribution in [0.3, 0.4) is 0 Å². The summed E-state index contributed by atoms with van der Waals surface area (Å²) in [4.78, 5) is 22.6. The average molecular weight is 188 g/mol. The molecule has 0 aliphatic carbocycles. The molecule has 0 aliphatic rings. The van der Waals surface area contributed by atoms with E-state index in [9.17, 15) is 9.59 Å². The Morgan fingerprint density at radius 2 is 2.00 bits per heavy atom. The van der Waals surface area contributed by atoms with E-state index >= 15 is 0 Å². The zero-order chi connectivity index (χ0) is 10.4. The molecule has 1 amide bonds. The highest BCUT2D eigenvalue weighted by atomic mass is 16.4. The lowest BCUT2D eigenvalue weighted by Gasteiger charge is -2.24. The van der Waals surface area contributed by atoms with E-state index in [0.29, 0.717) is 0 Å². The van der Waals surface area contributed by atoms with Crippen molar-refractivity contribution in [2.75, 3.05) is 13.1 Å². The number of carboxylic acids is 1. The number of primary amides is 1. The van der Waals surface area contributed by atoms with Crippen LogP contribution in [0.2, 0.25) is 0 Å². The molecule has 0 saturated carbocycles. The summed E-state index contributed by atoms with van der Waals surface area (Å²) < 4.78 is 0. The fourth-order valence-corrected chi connectivity index (χ4v) is 1.000. The molecule has 0 fully saturated rings. The third-order valence-electron chi connectivity index (χ3n) is 1.91. The lowest BCUT2D eigenvalue weighted by atomic mass is 10.2. The number of nitrogens with two attached hydrogens (primary N) is 1. The summed E-state index contributed by atoms with van der Waals surface area (Å²) in [5.74, 6) is -1.44. The molecule has 0 aliphatic heterocycles. The van der Waals surface area contributed by atoms with Crippen LogP contribution in [0.15, 0.2) is 0 Å². The Kier molecular flexibility index (Phi) is 5.06. The molecular formula is C8H16N2O3. The first-order valence-corrected chi connectivity index (χ1v) is 4.21. The predicted molar refractivity (Wildman–Crippen MR) is 48.2 cm³/mol. The van der Waals surface area contributed by atoms with E-state index in [1.165, 1.54) is 0 Å². The van der Waals surface area contributed by atoms with E-state index in [2.05, 4.69) is 0 Å². The molecular weight excluding hydrogens is 172 g/mol. The standard InChI is InChI=1S/C8H16N2O3/c1-3-6(2)10(4-7(9)11)5-8(12)13/h6H,3-5H2,1-2H3,(H2,9,11)(H,12,13). The van der Waals surface area contributed by atoms with Crippen LogP contribution in [0.1, 0.15) is 20.3 Å². The summed E-state index contributed by atoms with van der Waals surface area (Å²) in [7, 11) is 0. The fourth-order valence-electron chi connectivity index (χ4n) is 1.000. The maximum absolute atomic E-state index is 10.6. The quantitative estimate of drug-likeness (QED) is 0.597. The minimum Gasteiger partial charge on any atom is -0.480 e. The van der Waals surface area contributed by atoms with Crippen LogP contribution in [0.4, 0.5) is 0 Å². The number of aliphatic carboxylic acids is 1. The minimum atomic E-state index is -0.943. The molecule has 76 valence electrons. The average Bonchev–Trinajstić information content (AvgIpc) is 2.00. The van der Waals surface area contributed by atoms with Gasteiger partial charge in [0.05, 0.1) is 13.1 Å². The van der Waals surface area contributed by atoms with Crippen LogP contribution < -0.4 is 5.73 Å². The van der Waals surface area contributed by atoms with Crippen LogP contribution in [0, 0.1) is 0 Å². The highest BCUT2D eigenvalue weighted by molar-refractivity contribution is 5.77. The smallest absolute Gasteiger partial charge is 0.317 e. The molecule has 0 rings (SSSR count). The van der Waals surface area contributed by atoms with E-state index < -0.39 is 11.9 Å². The molecule has 0 spiro atoms. The zero-order valence-electron chi connectivity index (χ0n) is 7.99. The molecule has 0 aromatic carbocycles. The van der Waals surface area contributed by atoms with Gasteiger partial charge in [0.1, 0.15) is 0 Å². The molecule has 0 heterocycles. The number of carbonyl (C=O) groups excluding carboxylic acids is 1. The summed E-state index contributed by atoms with van der Waals surface area (Å²) in [6.07, 6.45) is 0.792. The second-order valence-corrected chi connectivity index (χ2v) is 3.02. The fraction of sp³-hybridized carbons (Fsp3) is 0.750. The zero-order valence-corrected chi connectivity index (χ0v) is 7.99. The van der Waals surface area contributed by atoms with Crippen molar-refractivity contribution in [1.29, 1.82) is 0 Å². The topological polar surface area (TPSA) is 83.6 Å². The van der Waals surface area contributed by atoms with Gasteiger partial charge in [0.2, 0.25) is 5.91 Å². The summed E-state index contributed by atoms with van der Waals surface area (Å²) in [5.41, 5.74) is 4.99. The first kappa shape index (κ1) is 11.9. The van der Waals surface area contributed by atoms with Crippen LogP contribution >= 0.6 is 0 Å². The Balaban J connectivity index is 4.17.